The molecule has 0 bridgehead atoms. The van der Waals surface area contributed by atoms with Crippen molar-refractivity contribution in [3.8, 4) is 0 Å². The van der Waals surface area contributed by atoms with Crippen molar-refractivity contribution in [1.82, 2.24) is 0 Å². The Balaban J connectivity index is 1.84. The Morgan fingerprint density at radius 1 is 1.14 bits per heavy atom. The number of nitrogens with one attached hydrogen (secondary N) is 1. The lowest BCUT2D eigenvalue weighted by molar-refractivity contribution is -0.867. The molecule has 0 aromatic heterocycles. The molecule has 116 valence electrons. The van der Waals surface area contributed by atoms with Crippen LogP contribution in [0, 0.1) is 5.92 Å². The summed E-state index contributed by atoms with van der Waals surface area (Å²) < 4.78 is 0. The van der Waals surface area contributed by atoms with Crippen molar-refractivity contribution in [2.45, 2.75) is 58.4 Å². The molecule has 0 spiro atoms. The van der Waals surface area contributed by atoms with E-state index in [-0.39, 0.29) is 11.7 Å². The molecular weight excluding hydrogens is 264 g/mol. The van der Waals surface area contributed by atoms with Gasteiger partial charge in [-0.1, -0.05) is 12.2 Å². The predicted molar refractivity (Wildman–Crippen MR) is 82.8 cm³/mol. The van der Waals surface area contributed by atoms with E-state index in [4.69, 9.17) is 5.43 Å². The van der Waals surface area contributed by atoms with Gasteiger partial charge >= 0.3 is 0 Å². The number of hydrogen-bond acceptors (Lipinski definition) is 2. The van der Waals surface area contributed by atoms with E-state index in [1.807, 2.05) is 0 Å². The van der Waals surface area contributed by atoms with Crippen LogP contribution in [-0.2, 0) is 9.59 Å². The van der Waals surface area contributed by atoms with Crippen LogP contribution in [0.5, 0.6) is 0 Å². The smallest absolute Gasteiger partial charge is 0.155 e. The molecule has 0 saturated carbocycles. The zero-order valence-corrected chi connectivity index (χ0v) is 13.3. The summed E-state index contributed by atoms with van der Waals surface area (Å²) in [4.78, 5) is 22.7. The number of rotatable bonds is 5. The average molecular weight is 290 g/mol. The van der Waals surface area contributed by atoms with Crippen LogP contribution in [0.4, 0.5) is 0 Å². The van der Waals surface area contributed by atoms with Gasteiger partial charge in [0.15, 0.2) is 5.78 Å². The summed E-state index contributed by atoms with van der Waals surface area (Å²) in [6, 6.07) is 0.458. The maximum atomic E-state index is 11.4. The number of carbonyl (C=O) groups excluding carboxylic acids is 2. The highest BCUT2D eigenvalue weighted by Crippen LogP contribution is 2.26. The number of nitrogens with zero attached hydrogens (tertiary/aromatic N) is 1. The van der Waals surface area contributed by atoms with Gasteiger partial charge in [0, 0.05) is 18.8 Å². The summed E-state index contributed by atoms with van der Waals surface area (Å²) in [5.74, 6) is 0.688. The minimum absolute atomic E-state index is 0.194. The van der Waals surface area contributed by atoms with E-state index in [0.717, 1.165) is 49.8 Å². The maximum Gasteiger partial charge on any atom is 0.155 e. The van der Waals surface area contributed by atoms with Crippen LogP contribution in [0.1, 0.15) is 52.4 Å². The van der Waals surface area contributed by atoms with E-state index in [0.29, 0.717) is 11.8 Å². The van der Waals surface area contributed by atoms with Crippen molar-refractivity contribution in [1.29, 1.82) is 0 Å². The zero-order valence-electron chi connectivity index (χ0n) is 13.3. The molecule has 0 aromatic carbocycles. The normalized spacial score (nSPS) is 27.4. The van der Waals surface area contributed by atoms with Gasteiger partial charge in [-0.3, -0.25) is 9.59 Å². The molecule has 0 aliphatic heterocycles. The van der Waals surface area contributed by atoms with Crippen molar-refractivity contribution in [3.63, 3.8) is 0 Å². The van der Waals surface area contributed by atoms with Gasteiger partial charge in [0.25, 0.3) is 0 Å². The molecular formula is C17H26N2O2. The molecule has 0 aromatic rings. The van der Waals surface area contributed by atoms with Crippen molar-refractivity contribution in [2.24, 2.45) is 5.92 Å². The van der Waals surface area contributed by atoms with E-state index in [1.165, 1.54) is 5.01 Å². The van der Waals surface area contributed by atoms with Gasteiger partial charge in [-0.2, -0.15) is 0 Å². The Morgan fingerprint density at radius 3 is 2.38 bits per heavy atom. The van der Waals surface area contributed by atoms with Crippen LogP contribution in [0.15, 0.2) is 23.4 Å². The summed E-state index contributed by atoms with van der Waals surface area (Å²) in [5.41, 5.74) is 6.88. The van der Waals surface area contributed by atoms with Crippen LogP contribution >= 0.6 is 0 Å². The standard InChI is InChI=1S/C17H26N2O2/c1-12(20)14-4-8-16(9-5-14)18-19(3)17-10-6-15(7-11-17)13(2)21/h6,8,14,17,19H,4-5,7,9-11H2,1-3H3. The Morgan fingerprint density at radius 2 is 1.90 bits per heavy atom. The van der Waals surface area contributed by atoms with Crippen LogP contribution in [0.2, 0.25) is 0 Å². The summed E-state index contributed by atoms with van der Waals surface area (Å²) in [6.07, 6.45) is 9.69. The molecule has 21 heavy (non-hydrogen) atoms. The monoisotopic (exact) mass is 290 g/mol. The molecule has 4 nitrogen and oxygen atoms in total. The van der Waals surface area contributed by atoms with E-state index < -0.39 is 0 Å². The van der Waals surface area contributed by atoms with Gasteiger partial charge in [-0.25, -0.2) is 0 Å². The molecule has 1 N–H and O–H groups in total. The van der Waals surface area contributed by atoms with Crippen LogP contribution in [-0.4, -0.2) is 24.7 Å². The molecule has 0 saturated heterocycles. The first-order valence-electron chi connectivity index (χ1n) is 7.92. The highest BCUT2D eigenvalue weighted by molar-refractivity contribution is 5.93. The van der Waals surface area contributed by atoms with Gasteiger partial charge in [0.2, 0.25) is 0 Å². The molecule has 2 aliphatic carbocycles. The summed E-state index contributed by atoms with van der Waals surface area (Å²) in [5, 5.41) is 1.17. The fraction of sp³-hybridized carbons (Fsp3) is 0.647. The minimum Gasteiger partial charge on any atom is -0.492 e. The Bertz CT molecular complexity index is 479. The molecule has 3 atom stereocenters. The van der Waals surface area contributed by atoms with Crippen LogP contribution < -0.4 is 5.01 Å². The molecule has 2 aliphatic rings. The van der Waals surface area contributed by atoms with E-state index in [2.05, 4.69) is 19.2 Å². The first-order valence-corrected chi connectivity index (χ1v) is 7.92. The largest absolute Gasteiger partial charge is 0.492 e. The lowest BCUT2D eigenvalue weighted by atomic mass is 9.89. The SMILES string of the molecule is CC(=O)C1=CCC([NH+](C)[N-]C2=CCC(C(C)=O)CC2)CC1. The average Bonchev–Trinajstić information content (AvgIpc) is 2.47. The number of quaternary nitrogens is 1. The van der Waals surface area contributed by atoms with Crippen molar-refractivity contribution in [2.75, 3.05) is 7.05 Å². The Kier molecular flexibility index (Phi) is 5.34. The number of hydrogen-bond donors (Lipinski definition) is 1. The Labute approximate surface area is 127 Å². The predicted octanol–water partition coefficient (Wildman–Crippen LogP) is 2.13. The Hall–Kier alpha value is -1.42. The summed E-state index contributed by atoms with van der Waals surface area (Å²) in [6.45, 7) is 3.32. The highest BCUT2D eigenvalue weighted by atomic mass is 16.1. The van der Waals surface area contributed by atoms with E-state index in [9.17, 15) is 9.59 Å². The van der Waals surface area contributed by atoms with Gasteiger partial charge in [-0.15, -0.1) is 5.70 Å². The molecule has 0 radical (unpaired) electrons. The number of carbonyl (C=O) groups is 2. The van der Waals surface area contributed by atoms with Gasteiger partial charge in [0.1, 0.15) is 5.78 Å². The van der Waals surface area contributed by atoms with Crippen molar-refractivity contribution >= 4 is 11.6 Å². The third kappa shape index (κ3) is 4.27. The lowest BCUT2D eigenvalue weighted by Gasteiger charge is -2.40. The second-order valence-corrected chi connectivity index (χ2v) is 6.29. The molecule has 4 heteroatoms. The summed E-state index contributed by atoms with van der Waals surface area (Å²) >= 11 is 0. The van der Waals surface area contributed by atoms with Gasteiger partial charge in [0.05, 0.1) is 13.1 Å². The van der Waals surface area contributed by atoms with Gasteiger partial charge in [-0.05, 0) is 45.1 Å². The number of ketones is 2. The third-order valence-electron chi connectivity index (χ3n) is 4.74. The molecule has 2 rings (SSSR count). The van der Waals surface area contributed by atoms with E-state index >= 15 is 0 Å². The number of Topliss-reactive ketones (excluding diaryl/α,β-unsaturated/α-hetero) is 2. The minimum atomic E-state index is 0.194. The van der Waals surface area contributed by atoms with Crippen LogP contribution in [0.3, 0.4) is 0 Å². The molecule has 0 fully saturated rings. The first-order chi connectivity index (χ1) is 9.97. The highest BCUT2D eigenvalue weighted by Gasteiger charge is 2.21. The number of allylic oxidation sites excluding steroid dienone is 3. The quantitative estimate of drug-likeness (QED) is 0.789. The molecule has 0 amide bonds. The summed E-state index contributed by atoms with van der Waals surface area (Å²) in [7, 11) is 2.09. The topological polar surface area (TPSA) is 52.7 Å². The van der Waals surface area contributed by atoms with Crippen LogP contribution in [0.25, 0.3) is 5.43 Å². The molecule has 3 unspecified atom stereocenters. The second kappa shape index (κ2) is 7.03. The second-order valence-electron chi connectivity index (χ2n) is 6.29. The van der Waals surface area contributed by atoms with Crippen molar-refractivity contribution < 1.29 is 14.6 Å². The fourth-order valence-electron chi connectivity index (χ4n) is 3.14. The lowest BCUT2D eigenvalue weighted by Crippen LogP contribution is -3.09. The maximum absolute atomic E-state index is 11.4. The first kappa shape index (κ1) is 16.0. The zero-order chi connectivity index (χ0) is 15.4. The fourth-order valence-corrected chi connectivity index (χ4v) is 3.14. The van der Waals surface area contributed by atoms with E-state index in [1.54, 1.807) is 13.8 Å². The molecule has 0 heterocycles. The van der Waals surface area contributed by atoms with Gasteiger partial charge < -0.3 is 10.4 Å². The third-order valence-corrected chi connectivity index (χ3v) is 4.74. The van der Waals surface area contributed by atoms with Crippen molar-refractivity contribution in [3.05, 3.63) is 28.8 Å².